The molecule has 1 atom stereocenters. The van der Waals surface area contributed by atoms with Crippen molar-refractivity contribution >= 4 is 5.97 Å². The third-order valence-corrected chi connectivity index (χ3v) is 1.79. The van der Waals surface area contributed by atoms with Crippen LogP contribution in [-0.2, 0) is 9.53 Å². The van der Waals surface area contributed by atoms with Crippen LogP contribution < -0.4 is 0 Å². The zero-order chi connectivity index (χ0) is 11.2. The van der Waals surface area contributed by atoms with Crippen molar-refractivity contribution in [1.82, 2.24) is 0 Å². The average Bonchev–Trinajstić information content (AvgIpc) is 2.03. The maximum atomic E-state index is 12.0. The summed E-state index contributed by atoms with van der Waals surface area (Å²) >= 11 is 0. The second kappa shape index (κ2) is 5.88. The minimum Gasteiger partial charge on any atom is -0.466 e. The first-order valence-corrected chi connectivity index (χ1v) is 4.60. The van der Waals surface area contributed by atoms with Crippen LogP contribution in [0.5, 0.6) is 0 Å². The van der Waals surface area contributed by atoms with Gasteiger partial charge in [0.15, 0.2) is 0 Å². The van der Waals surface area contributed by atoms with Gasteiger partial charge in [-0.1, -0.05) is 20.3 Å². The summed E-state index contributed by atoms with van der Waals surface area (Å²) in [4.78, 5) is 10.9. The molecule has 5 heteroatoms. The molecular formula is C9H15F3O2. The average molecular weight is 212 g/mol. The molecular weight excluding hydrogens is 197 g/mol. The van der Waals surface area contributed by atoms with Gasteiger partial charge in [0.05, 0.1) is 18.9 Å². The molecule has 0 N–H and O–H groups in total. The van der Waals surface area contributed by atoms with Gasteiger partial charge >= 0.3 is 12.1 Å². The van der Waals surface area contributed by atoms with Crippen LogP contribution in [-0.4, -0.2) is 18.8 Å². The van der Waals surface area contributed by atoms with E-state index < -0.39 is 24.5 Å². The van der Waals surface area contributed by atoms with E-state index in [2.05, 4.69) is 4.74 Å². The van der Waals surface area contributed by atoms with E-state index in [0.29, 0.717) is 6.42 Å². The largest absolute Gasteiger partial charge is 0.466 e. The first-order valence-electron chi connectivity index (χ1n) is 4.60. The molecule has 0 heterocycles. The molecule has 0 spiro atoms. The zero-order valence-electron chi connectivity index (χ0n) is 8.36. The topological polar surface area (TPSA) is 26.3 Å². The summed E-state index contributed by atoms with van der Waals surface area (Å²) in [6.45, 7) is 3.09. The van der Waals surface area contributed by atoms with Gasteiger partial charge in [-0.05, 0) is 6.42 Å². The molecule has 0 saturated heterocycles. The lowest BCUT2D eigenvalue weighted by Gasteiger charge is -2.14. The Morgan fingerprint density at radius 1 is 1.43 bits per heavy atom. The number of carbonyl (C=O) groups excluding carboxylic acids is 1. The second-order valence-corrected chi connectivity index (χ2v) is 3.22. The van der Waals surface area contributed by atoms with E-state index in [1.165, 1.54) is 0 Å². The van der Waals surface area contributed by atoms with E-state index >= 15 is 0 Å². The highest BCUT2D eigenvalue weighted by atomic mass is 19.4. The molecule has 0 aromatic heterocycles. The van der Waals surface area contributed by atoms with Crippen molar-refractivity contribution in [3.63, 3.8) is 0 Å². The van der Waals surface area contributed by atoms with Crippen molar-refractivity contribution in [3.8, 4) is 0 Å². The minimum atomic E-state index is -4.32. The first-order chi connectivity index (χ1) is 6.38. The third-order valence-electron chi connectivity index (χ3n) is 1.79. The number of hydrogen-bond acceptors (Lipinski definition) is 2. The monoisotopic (exact) mass is 212 g/mol. The quantitative estimate of drug-likeness (QED) is 0.517. The molecule has 0 rings (SSSR count). The summed E-state index contributed by atoms with van der Waals surface area (Å²) in [5.74, 6) is -2.40. The smallest absolute Gasteiger partial charge is 0.392 e. The molecule has 0 aliphatic carbocycles. The minimum absolute atomic E-state index is 0.208. The van der Waals surface area contributed by atoms with Gasteiger partial charge in [0.1, 0.15) is 0 Å². The maximum absolute atomic E-state index is 12.0. The van der Waals surface area contributed by atoms with Crippen molar-refractivity contribution < 1.29 is 22.7 Å². The lowest BCUT2D eigenvalue weighted by molar-refractivity contribution is -0.180. The van der Waals surface area contributed by atoms with E-state index in [9.17, 15) is 18.0 Å². The number of rotatable bonds is 5. The number of ether oxygens (including phenoxy) is 1. The lowest BCUT2D eigenvalue weighted by atomic mass is 10.1. The fraction of sp³-hybridized carbons (Fsp3) is 0.889. The number of alkyl halides is 3. The van der Waals surface area contributed by atoms with E-state index in [1.54, 1.807) is 0 Å². The first kappa shape index (κ1) is 13.3. The van der Waals surface area contributed by atoms with Gasteiger partial charge in [0.2, 0.25) is 0 Å². The molecule has 2 nitrogen and oxygen atoms in total. The molecule has 84 valence electrons. The molecule has 0 aliphatic rings. The van der Waals surface area contributed by atoms with Crippen LogP contribution in [0.25, 0.3) is 0 Å². The van der Waals surface area contributed by atoms with E-state index in [-0.39, 0.29) is 6.61 Å². The molecule has 0 fully saturated rings. The Morgan fingerprint density at radius 3 is 2.43 bits per heavy atom. The summed E-state index contributed by atoms with van der Waals surface area (Å²) in [6, 6.07) is 0. The molecule has 0 amide bonds. The molecule has 0 radical (unpaired) electrons. The fourth-order valence-corrected chi connectivity index (χ4v) is 0.755. The highest BCUT2D eigenvalue weighted by Crippen LogP contribution is 2.28. The zero-order valence-corrected chi connectivity index (χ0v) is 8.36. The van der Waals surface area contributed by atoms with Crippen molar-refractivity contribution in [2.45, 2.75) is 39.3 Å². The van der Waals surface area contributed by atoms with Crippen molar-refractivity contribution in [2.24, 2.45) is 5.92 Å². The Bertz CT molecular complexity index is 177. The summed E-state index contributed by atoms with van der Waals surface area (Å²) in [7, 11) is 0. The maximum Gasteiger partial charge on any atom is 0.392 e. The van der Waals surface area contributed by atoms with Gasteiger partial charge in [-0.2, -0.15) is 13.2 Å². The predicted molar refractivity (Wildman–Crippen MR) is 45.7 cm³/mol. The Balaban J connectivity index is 3.72. The van der Waals surface area contributed by atoms with E-state index in [4.69, 9.17) is 0 Å². The summed E-state index contributed by atoms with van der Waals surface area (Å²) < 4.78 is 40.6. The summed E-state index contributed by atoms with van der Waals surface area (Å²) in [6.07, 6.45) is -3.37. The van der Waals surface area contributed by atoms with Crippen LogP contribution in [0, 0.1) is 5.92 Å². The van der Waals surface area contributed by atoms with Crippen LogP contribution >= 0.6 is 0 Å². The van der Waals surface area contributed by atoms with Gasteiger partial charge in [0.25, 0.3) is 0 Å². The number of esters is 1. The standard InChI is InChI=1S/C9H15F3O2/c1-3-4-5-14-8(13)6-7(2)9(10,11)12/h7H,3-6H2,1-2H3. The van der Waals surface area contributed by atoms with Crippen molar-refractivity contribution in [2.75, 3.05) is 6.61 Å². The Hall–Kier alpha value is -0.740. The highest BCUT2D eigenvalue weighted by Gasteiger charge is 2.37. The molecule has 0 aliphatic heterocycles. The third kappa shape index (κ3) is 5.83. The number of unbranched alkanes of at least 4 members (excludes halogenated alkanes) is 1. The molecule has 1 unspecified atom stereocenters. The number of carbonyl (C=O) groups is 1. The SMILES string of the molecule is CCCCOC(=O)CC(C)C(F)(F)F. The predicted octanol–water partition coefficient (Wildman–Crippen LogP) is 2.92. The van der Waals surface area contributed by atoms with Crippen LogP contribution in [0.15, 0.2) is 0 Å². The van der Waals surface area contributed by atoms with Crippen LogP contribution in [0.1, 0.15) is 33.1 Å². The Labute approximate surface area is 81.4 Å². The molecule has 0 aromatic carbocycles. The highest BCUT2D eigenvalue weighted by molar-refractivity contribution is 5.69. The van der Waals surface area contributed by atoms with E-state index in [0.717, 1.165) is 13.3 Å². The van der Waals surface area contributed by atoms with Crippen molar-refractivity contribution in [3.05, 3.63) is 0 Å². The van der Waals surface area contributed by atoms with Gasteiger partial charge in [-0.25, -0.2) is 0 Å². The Kier molecular flexibility index (Phi) is 5.57. The summed E-state index contributed by atoms with van der Waals surface area (Å²) in [5.41, 5.74) is 0. The molecule has 0 saturated carbocycles. The molecule has 0 bridgehead atoms. The molecule has 0 aromatic rings. The van der Waals surface area contributed by atoms with Gasteiger partial charge < -0.3 is 4.74 Å². The van der Waals surface area contributed by atoms with Gasteiger partial charge in [-0.15, -0.1) is 0 Å². The van der Waals surface area contributed by atoms with Crippen LogP contribution in [0.3, 0.4) is 0 Å². The fourth-order valence-electron chi connectivity index (χ4n) is 0.755. The normalized spacial score (nSPS) is 13.8. The Morgan fingerprint density at radius 2 is 2.00 bits per heavy atom. The lowest BCUT2D eigenvalue weighted by Crippen LogP contribution is -2.23. The molecule has 14 heavy (non-hydrogen) atoms. The van der Waals surface area contributed by atoms with Gasteiger partial charge in [0, 0.05) is 0 Å². The van der Waals surface area contributed by atoms with E-state index in [1.807, 2.05) is 6.92 Å². The van der Waals surface area contributed by atoms with Crippen LogP contribution in [0.4, 0.5) is 13.2 Å². The number of halogens is 3. The summed E-state index contributed by atoms with van der Waals surface area (Å²) in [5, 5.41) is 0. The van der Waals surface area contributed by atoms with Gasteiger partial charge in [-0.3, -0.25) is 4.79 Å². The number of hydrogen-bond donors (Lipinski definition) is 0. The second-order valence-electron chi connectivity index (χ2n) is 3.22. The van der Waals surface area contributed by atoms with Crippen LogP contribution in [0.2, 0.25) is 0 Å². The van der Waals surface area contributed by atoms with Crippen molar-refractivity contribution in [1.29, 1.82) is 0 Å².